The molecule has 1 aromatic heterocycles. The van der Waals surface area contributed by atoms with E-state index in [4.69, 9.17) is 9.47 Å². The van der Waals surface area contributed by atoms with Crippen molar-refractivity contribution < 1.29 is 14.3 Å². The molecule has 0 saturated carbocycles. The van der Waals surface area contributed by atoms with E-state index < -0.39 is 0 Å². The molecule has 7 heteroatoms. The largest absolute Gasteiger partial charge is 0.486 e. The van der Waals surface area contributed by atoms with Crippen molar-refractivity contribution in [1.82, 2.24) is 9.97 Å². The number of benzene rings is 2. The van der Waals surface area contributed by atoms with Crippen LogP contribution in [0.4, 0.5) is 11.5 Å². The highest BCUT2D eigenvalue weighted by atomic mass is 16.6. The molecule has 0 radical (unpaired) electrons. The molecular weight excluding hydrogens is 356 g/mol. The van der Waals surface area contributed by atoms with Crippen molar-refractivity contribution in [2.24, 2.45) is 0 Å². The fourth-order valence-corrected chi connectivity index (χ4v) is 2.88. The van der Waals surface area contributed by atoms with Crippen LogP contribution in [0.5, 0.6) is 11.5 Å². The van der Waals surface area contributed by atoms with Gasteiger partial charge in [-0.2, -0.15) is 0 Å². The van der Waals surface area contributed by atoms with Crippen LogP contribution in [0.25, 0.3) is 0 Å². The summed E-state index contributed by atoms with van der Waals surface area (Å²) in [6.45, 7) is 3.39. The number of aryl methyl sites for hydroxylation is 1. The number of carbonyl (C=O) groups excluding carboxylic acids is 1. The lowest BCUT2D eigenvalue weighted by atomic mass is 10.2. The Morgan fingerprint density at radius 2 is 1.79 bits per heavy atom. The molecule has 0 atom stereocenters. The van der Waals surface area contributed by atoms with Crippen molar-refractivity contribution in [1.29, 1.82) is 0 Å². The number of nitrogens with one attached hydrogen (secondary N) is 2. The second-order valence-electron chi connectivity index (χ2n) is 6.34. The molecule has 0 saturated heterocycles. The third kappa shape index (κ3) is 4.20. The summed E-state index contributed by atoms with van der Waals surface area (Å²) in [5, 5.41) is 6.08. The Balaban J connectivity index is 1.47. The van der Waals surface area contributed by atoms with Gasteiger partial charge in [-0.3, -0.25) is 4.79 Å². The van der Waals surface area contributed by atoms with Crippen molar-refractivity contribution in [3.8, 4) is 11.5 Å². The van der Waals surface area contributed by atoms with Crippen molar-refractivity contribution in [2.45, 2.75) is 13.5 Å². The minimum Gasteiger partial charge on any atom is -0.486 e. The number of anilines is 2. The topological polar surface area (TPSA) is 85.4 Å². The summed E-state index contributed by atoms with van der Waals surface area (Å²) < 4.78 is 11.0. The molecule has 0 spiro atoms. The Morgan fingerprint density at radius 3 is 2.61 bits per heavy atom. The van der Waals surface area contributed by atoms with E-state index >= 15 is 0 Å². The predicted octanol–water partition coefficient (Wildman–Crippen LogP) is 3.42. The molecule has 28 heavy (non-hydrogen) atoms. The van der Waals surface area contributed by atoms with Crippen LogP contribution in [0.2, 0.25) is 0 Å². The summed E-state index contributed by atoms with van der Waals surface area (Å²) in [6, 6.07) is 16.9. The zero-order chi connectivity index (χ0) is 19.3. The van der Waals surface area contributed by atoms with Gasteiger partial charge in [-0.05, 0) is 24.6 Å². The number of rotatable bonds is 5. The normalized spacial score (nSPS) is 12.3. The van der Waals surface area contributed by atoms with Gasteiger partial charge >= 0.3 is 0 Å². The van der Waals surface area contributed by atoms with Crippen molar-refractivity contribution in [2.75, 3.05) is 23.8 Å². The smallest absolute Gasteiger partial charge is 0.274 e. The Kier molecular flexibility index (Phi) is 5.05. The lowest BCUT2D eigenvalue weighted by Gasteiger charge is -2.19. The Hall–Kier alpha value is -3.61. The van der Waals surface area contributed by atoms with Gasteiger partial charge in [-0.15, -0.1) is 0 Å². The molecular formula is C21H20N4O3. The van der Waals surface area contributed by atoms with Crippen LogP contribution in [0.3, 0.4) is 0 Å². The second-order valence-corrected chi connectivity index (χ2v) is 6.34. The maximum absolute atomic E-state index is 12.7. The minimum absolute atomic E-state index is 0.290. The van der Waals surface area contributed by atoms with Gasteiger partial charge in [-0.25, -0.2) is 9.97 Å². The van der Waals surface area contributed by atoms with Gasteiger partial charge in [0.2, 0.25) is 0 Å². The fraction of sp³-hybridized carbons (Fsp3) is 0.190. The van der Waals surface area contributed by atoms with Gasteiger partial charge in [0.15, 0.2) is 11.5 Å². The quantitative estimate of drug-likeness (QED) is 0.710. The number of fused-ring (bicyclic) bond motifs is 1. The number of nitrogens with zero attached hydrogens (tertiary/aromatic N) is 2. The Morgan fingerprint density at radius 1 is 1.00 bits per heavy atom. The molecule has 3 aromatic rings. The lowest BCUT2D eigenvalue weighted by molar-refractivity contribution is 0.102. The van der Waals surface area contributed by atoms with E-state index in [1.807, 2.05) is 30.3 Å². The standard InChI is InChI=1S/C21H20N4O3/c1-14-23-17(12-20(24-14)22-13-15-5-3-2-4-6-15)21(26)25-16-7-8-18-19(11-16)28-10-9-27-18/h2-8,11-12H,9-10,13H2,1H3,(H,25,26)(H,22,23,24). The molecule has 2 heterocycles. The second kappa shape index (κ2) is 7.96. The first-order chi connectivity index (χ1) is 13.7. The number of aromatic nitrogens is 2. The molecule has 0 aliphatic carbocycles. The molecule has 2 aromatic carbocycles. The average molecular weight is 376 g/mol. The van der Waals surface area contributed by atoms with E-state index in [9.17, 15) is 4.79 Å². The average Bonchev–Trinajstić information content (AvgIpc) is 2.72. The third-order valence-corrected chi connectivity index (χ3v) is 4.19. The van der Waals surface area contributed by atoms with E-state index in [0.717, 1.165) is 5.56 Å². The monoisotopic (exact) mass is 376 g/mol. The Bertz CT molecular complexity index is 992. The van der Waals surface area contributed by atoms with Crippen LogP contribution in [-0.4, -0.2) is 29.1 Å². The number of hydrogen-bond acceptors (Lipinski definition) is 6. The molecule has 1 amide bonds. The first-order valence-electron chi connectivity index (χ1n) is 9.02. The van der Waals surface area contributed by atoms with Gasteiger partial charge in [0, 0.05) is 24.4 Å². The van der Waals surface area contributed by atoms with Crippen molar-refractivity contribution in [3.05, 3.63) is 71.7 Å². The first kappa shape index (κ1) is 17.8. The maximum Gasteiger partial charge on any atom is 0.274 e. The van der Waals surface area contributed by atoms with Gasteiger partial charge < -0.3 is 20.1 Å². The maximum atomic E-state index is 12.7. The zero-order valence-corrected chi connectivity index (χ0v) is 15.4. The van der Waals surface area contributed by atoms with E-state index in [1.54, 1.807) is 31.2 Å². The minimum atomic E-state index is -0.315. The van der Waals surface area contributed by atoms with Gasteiger partial charge in [0.1, 0.15) is 30.5 Å². The summed E-state index contributed by atoms with van der Waals surface area (Å²) >= 11 is 0. The molecule has 0 unspecified atom stereocenters. The van der Waals surface area contributed by atoms with Gasteiger partial charge in [0.25, 0.3) is 5.91 Å². The summed E-state index contributed by atoms with van der Waals surface area (Å²) in [4.78, 5) is 21.3. The summed E-state index contributed by atoms with van der Waals surface area (Å²) in [5.74, 6) is 2.10. The molecule has 0 fully saturated rings. The number of carbonyl (C=O) groups is 1. The summed E-state index contributed by atoms with van der Waals surface area (Å²) in [6.07, 6.45) is 0. The SMILES string of the molecule is Cc1nc(NCc2ccccc2)cc(C(=O)Nc2ccc3c(c2)OCCO3)n1. The molecule has 7 nitrogen and oxygen atoms in total. The van der Waals surface area contributed by atoms with E-state index in [-0.39, 0.29) is 11.6 Å². The molecule has 1 aliphatic rings. The van der Waals surface area contributed by atoms with Crippen LogP contribution in [0, 0.1) is 6.92 Å². The first-order valence-corrected chi connectivity index (χ1v) is 9.02. The molecule has 142 valence electrons. The summed E-state index contributed by atoms with van der Waals surface area (Å²) in [5.41, 5.74) is 2.03. The molecule has 1 aliphatic heterocycles. The third-order valence-electron chi connectivity index (χ3n) is 4.19. The summed E-state index contributed by atoms with van der Waals surface area (Å²) in [7, 11) is 0. The van der Waals surface area contributed by atoms with E-state index in [2.05, 4.69) is 20.6 Å². The zero-order valence-electron chi connectivity index (χ0n) is 15.4. The fourth-order valence-electron chi connectivity index (χ4n) is 2.88. The van der Waals surface area contributed by atoms with Crippen molar-refractivity contribution >= 4 is 17.4 Å². The highest BCUT2D eigenvalue weighted by Gasteiger charge is 2.15. The van der Waals surface area contributed by atoms with Gasteiger partial charge in [-0.1, -0.05) is 30.3 Å². The van der Waals surface area contributed by atoms with Crippen LogP contribution in [0.1, 0.15) is 21.9 Å². The molecule has 2 N–H and O–H groups in total. The van der Waals surface area contributed by atoms with Crippen LogP contribution in [0.15, 0.2) is 54.6 Å². The van der Waals surface area contributed by atoms with Gasteiger partial charge in [0.05, 0.1) is 0 Å². The lowest BCUT2D eigenvalue weighted by Crippen LogP contribution is -2.17. The molecule has 4 rings (SSSR count). The van der Waals surface area contributed by atoms with Crippen LogP contribution < -0.4 is 20.1 Å². The highest BCUT2D eigenvalue weighted by Crippen LogP contribution is 2.32. The number of amides is 1. The van der Waals surface area contributed by atoms with E-state index in [0.29, 0.717) is 48.6 Å². The number of hydrogen-bond donors (Lipinski definition) is 2. The van der Waals surface area contributed by atoms with Crippen LogP contribution >= 0.6 is 0 Å². The predicted molar refractivity (Wildman–Crippen MR) is 106 cm³/mol. The van der Waals surface area contributed by atoms with Crippen LogP contribution in [-0.2, 0) is 6.54 Å². The highest BCUT2D eigenvalue weighted by molar-refractivity contribution is 6.03. The number of ether oxygens (including phenoxy) is 2. The van der Waals surface area contributed by atoms with Crippen molar-refractivity contribution in [3.63, 3.8) is 0 Å². The van der Waals surface area contributed by atoms with E-state index in [1.165, 1.54) is 0 Å². The Labute approximate surface area is 162 Å². The molecule has 0 bridgehead atoms.